The van der Waals surface area contributed by atoms with Crippen LogP contribution < -0.4 is 5.32 Å². The number of aliphatic hydroxyl groups excluding tert-OH is 2. The van der Waals surface area contributed by atoms with E-state index in [1.165, 1.54) is 11.1 Å². The number of aliphatic hydroxyl groups is 2. The number of ether oxygens (including phenoxy) is 1. The summed E-state index contributed by atoms with van der Waals surface area (Å²) >= 11 is 0. The third-order valence-electron chi connectivity index (χ3n) is 7.07. The number of pyridine rings is 2. The second-order valence-electron chi connectivity index (χ2n) is 12.2. The Kier molecular flexibility index (Phi) is 18.3. The molecule has 0 fully saturated rings. The van der Waals surface area contributed by atoms with Crippen molar-refractivity contribution in [2.75, 3.05) is 13.1 Å². The molecule has 1 amide bonds. The first kappa shape index (κ1) is 41.0. The predicted octanol–water partition coefficient (Wildman–Crippen LogP) is 4.29. The summed E-state index contributed by atoms with van der Waals surface area (Å²) in [5.74, 6) is -1.54. The fourth-order valence-corrected chi connectivity index (χ4v) is 4.44. The van der Waals surface area contributed by atoms with E-state index in [9.17, 15) is 34.8 Å². The molecule has 0 radical (unpaired) electrons. The van der Waals surface area contributed by atoms with Gasteiger partial charge >= 0.3 is 18.0 Å². The lowest BCUT2D eigenvalue weighted by atomic mass is 10.1. The van der Waals surface area contributed by atoms with Crippen molar-refractivity contribution >= 4 is 18.0 Å². The molecule has 0 aliphatic rings. The smallest absolute Gasteiger partial charge is 0.410 e. The summed E-state index contributed by atoms with van der Waals surface area (Å²) in [6, 6.07) is 0. The summed E-state index contributed by atoms with van der Waals surface area (Å²) in [7, 11) is 0. The number of carbonyl (C=O) groups is 3. The number of unbranched alkanes of at least 4 members (excludes halogenated alkanes) is 4. The Bertz CT molecular complexity index is 1300. The Morgan fingerprint density at radius 3 is 1.77 bits per heavy atom. The normalized spacial score (nSPS) is 11.0. The fraction of sp³-hybridized carbons (Fsp3) is 0.606. The van der Waals surface area contributed by atoms with Gasteiger partial charge in [0.05, 0.1) is 31.1 Å². The van der Waals surface area contributed by atoms with Crippen LogP contribution in [0.25, 0.3) is 0 Å². The number of aliphatic carboxylic acids is 2. The Hall–Kier alpha value is -4.01. The molecule has 2 aromatic heterocycles. The van der Waals surface area contributed by atoms with Gasteiger partial charge in [-0.25, -0.2) is 4.79 Å². The maximum absolute atomic E-state index is 12.6. The minimum absolute atomic E-state index is 0.0546. The molecule has 264 valence electrons. The number of carboxylic acids is 2. The Morgan fingerprint density at radius 2 is 1.28 bits per heavy atom. The number of aryl methyl sites for hydroxylation is 2. The predicted molar refractivity (Wildman–Crippen MR) is 174 cm³/mol. The van der Waals surface area contributed by atoms with Gasteiger partial charge in [-0.05, 0) is 66.8 Å². The zero-order chi connectivity index (χ0) is 35.6. The molecular weight excluding hydrogens is 612 g/mol. The Labute approximate surface area is 276 Å². The van der Waals surface area contributed by atoms with E-state index in [0.29, 0.717) is 72.4 Å². The van der Waals surface area contributed by atoms with Crippen molar-refractivity contribution in [1.82, 2.24) is 20.2 Å². The van der Waals surface area contributed by atoms with Crippen LogP contribution in [-0.4, -0.2) is 82.2 Å². The average molecular weight is 665 g/mol. The summed E-state index contributed by atoms with van der Waals surface area (Å²) in [4.78, 5) is 43.0. The SMILES string of the molecule is Cc1ncc(CO)c(CN(CCCCCC(=O)O)C(=O)OC(C)(C)C)c1O.Cc1ncc(CO)c(CNCCCCCC(=O)O)c1O. The molecule has 14 nitrogen and oxygen atoms in total. The van der Waals surface area contributed by atoms with Crippen LogP contribution in [0.2, 0.25) is 0 Å². The first-order valence-electron chi connectivity index (χ1n) is 15.8. The van der Waals surface area contributed by atoms with Gasteiger partial charge in [-0.1, -0.05) is 12.8 Å². The number of carboxylic acid groups (broad SMARTS) is 2. The molecule has 0 saturated carbocycles. The molecule has 0 aromatic carbocycles. The number of rotatable bonds is 18. The summed E-state index contributed by atoms with van der Waals surface area (Å²) < 4.78 is 5.44. The zero-order valence-electron chi connectivity index (χ0n) is 28.2. The number of nitrogens with zero attached hydrogens (tertiary/aromatic N) is 3. The highest BCUT2D eigenvalue weighted by Gasteiger charge is 2.24. The molecule has 0 unspecified atom stereocenters. The van der Waals surface area contributed by atoms with Crippen molar-refractivity contribution in [3.63, 3.8) is 0 Å². The first-order chi connectivity index (χ1) is 22.1. The second kappa shape index (κ2) is 21.0. The maximum atomic E-state index is 12.6. The van der Waals surface area contributed by atoms with Gasteiger partial charge in [0.25, 0.3) is 0 Å². The van der Waals surface area contributed by atoms with E-state index < -0.39 is 23.6 Å². The van der Waals surface area contributed by atoms with Gasteiger partial charge in [0.2, 0.25) is 0 Å². The van der Waals surface area contributed by atoms with Gasteiger partial charge in [0.1, 0.15) is 17.1 Å². The van der Waals surface area contributed by atoms with Crippen LogP contribution in [-0.2, 0) is 40.6 Å². The summed E-state index contributed by atoms with van der Waals surface area (Å²) in [5.41, 5.74) is 2.44. The monoisotopic (exact) mass is 664 g/mol. The summed E-state index contributed by atoms with van der Waals surface area (Å²) in [6.45, 7) is 9.81. The van der Waals surface area contributed by atoms with Gasteiger partial charge in [-0.2, -0.15) is 0 Å². The molecule has 0 atom stereocenters. The van der Waals surface area contributed by atoms with E-state index in [-0.39, 0.29) is 44.1 Å². The Morgan fingerprint density at radius 1 is 0.787 bits per heavy atom. The number of hydrogen-bond donors (Lipinski definition) is 7. The molecule has 0 saturated heterocycles. The van der Waals surface area contributed by atoms with Gasteiger partial charge in [-0.15, -0.1) is 0 Å². The van der Waals surface area contributed by atoms with Crippen LogP contribution in [0, 0.1) is 13.8 Å². The van der Waals surface area contributed by atoms with Gasteiger partial charge < -0.3 is 45.6 Å². The van der Waals surface area contributed by atoms with Crippen molar-refractivity contribution in [2.24, 2.45) is 0 Å². The van der Waals surface area contributed by atoms with E-state index in [1.54, 1.807) is 40.8 Å². The van der Waals surface area contributed by atoms with Crippen molar-refractivity contribution in [1.29, 1.82) is 0 Å². The number of hydrogen-bond acceptors (Lipinski definition) is 11. The van der Waals surface area contributed by atoms with Crippen LogP contribution >= 0.6 is 0 Å². The lowest BCUT2D eigenvalue weighted by Gasteiger charge is -2.28. The van der Waals surface area contributed by atoms with Crippen LogP contribution in [0.15, 0.2) is 12.4 Å². The van der Waals surface area contributed by atoms with E-state index in [1.807, 2.05) is 0 Å². The molecule has 0 aliphatic carbocycles. The Balaban J connectivity index is 0.000000491. The third-order valence-corrected chi connectivity index (χ3v) is 7.07. The first-order valence-corrected chi connectivity index (χ1v) is 15.8. The van der Waals surface area contributed by atoms with Crippen LogP contribution in [0.3, 0.4) is 0 Å². The van der Waals surface area contributed by atoms with E-state index >= 15 is 0 Å². The number of aromatic hydroxyl groups is 2. The summed E-state index contributed by atoms with van der Waals surface area (Å²) in [6.07, 6.45) is 7.01. The van der Waals surface area contributed by atoms with E-state index in [0.717, 1.165) is 19.4 Å². The quantitative estimate of drug-likeness (QED) is 0.111. The zero-order valence-corrected chi connectivity index (χ0v) is 28.2. The fourth-order valence-electron chi connectivity index (χ4n) is 4.44. The maximum Gasteiger partial charge on any atom is 0.410 e. The van der Waals surface area contributed by atoms with Crippen molar-refractivity contribution < 1.29 is 49.8 Å². The number of carbonyl (C=O) groups excluding carboxylic acids is 1. The minimum atomic E-state index is -0.844. The topological polar surface area (TPSA) is 223 Å². The lowest BCUT2D eigenvalue weighted by Crippen LogP contribution is -2.37. The highest BCUT2D eigenvalue weighted by atomic mass is 16.6. The molecule has 7 N–H and O–H groups in total. The van der Waals surface area contributed by atoms with E-state index in [4.69, 9.17) is 14.9 Å². The lowest BCUT2D eigenvalue weighted by molar-refractivity contribution is -0.138. The molecule has 14 heteroatoms. The molecule has 47 heavy (non-hydrogen) atoms. The summed E-state index contributed by atoms with van der Waals surface area (Å²) in [5, 5.41) is 59.4. The van der Waals surface area contributed by atoms with E-state index in [2.05, 4.69) is 15.3 Å². The molecule has 0 aliphatic heterocycles. The second-order valence-corrected chi connectivity index (χ2v) is 12.2. The highest BCUT2D eigenvalue weighted by Crippen LogP contribution is 2.27. The standard InChI is InChI=1S/C19H30N2O6.C14H22N2O4/c1-13-17(25)15(14(12-22)10-20-13)11-21(18(26)27-19(2,3)4)9-7-5-6-8-16(23)24;1-10-14(20)12(11(9-17)7-16-10)8-15-6-4-2-3-5-13(18)19/h10,22,25H,5-9,11-12H2,1-4H3,(H,23,24);7,15,17,20H,2-6,8-9H2,1H3,(H,18,19). The van der Waals surface area contributed by atoms with Gasteiger partial charge in [0.15, 0.2) is 0 Å². The number of amides is 1. The van der Waals surface area contributed by atoms with Gasteiger partial charge in [-0.3, -0.25) is 19.6 Å². The van der Waals surface area contributed by atoms with Crippen molar-refractivity contribution in [3.8, 4) is 11.5 Å². The third kappa shape index (κ3) is 15.9. The van der Waals surface area contributed by atoms with Gasteiger partial charge in [0, 0.05) is 60.6 Å². The minimum Gasteiger partial charge on any atom is -0.506 e. The van der Waals surface area contributed by atoms with Crippen molar-refractivity contribution in [2.45, 2.75) is 118 Å². The molecule has 0 spiro atoms. The molecule has 2 rings (SSSR count). The number of aromatic nitrogens is 2. The van der Waals surface area contributed by atoms with Crippen LogP contribution in [0.1, 0.15) is 106 Å². The molecule has 2 aromatic rings. The molecular formula is C33H52N4O10. The van der Waals surface area contributed by atoms with Crippen molar-refractivity contribution in [3.05, 3.63) is 46.0 Å². The largest absolute Gasteiger partial charge is 0.506 e. The number of nitrogens with one attached hydrogen (secondary N) is 1. The van der Waals surface area contributed by atoms with Crippen LogP contribution in [0.4, 0.5) is 4.79 Å². The molecule has 0 bridgehead atoms. The molecule has 2 heterocycles. The average Bonchev–Trinajstić information content (AvgIpc) is 2.99. The highest BCUT2D eigenvalue weighted by molar-refractivity contribution is 5.68. The van der Waals surface area contributed by atoms with Crippen LogP contribution in [0.5, 0.6) is 11.5 Å².